The van der Waals surface area contributed by atoms with Crippen molar-refractivity contribution >= 4 is 55.0 Å². The third-order valence-electron chi connectivity index (χ3n) is 5.12. The topological polar surface area (TPSA) is 66.5 Å². The molecule has 0 saturated carbocycles. The second-order valence-corrected chi connectivity index (χ2v) is 11.7. The number of hydrogen-bond acceptors (Lipinski definition) is 4. The minimum absolute atomic E-state index is 0.121. The number of carbonyl (C=O) groups is 1. The molecule has 4 rings (SSSR count). The monoisotopic (exact) mass is 566 g/mol. The van der Waals surface area contributed by atoms with E-state index in [9.17, 15) is 13.2 Å². The Kier molecular flexibility index (Phi) is 7.95. The molecule has 5 nitrogen and oxygen atoms in total. The van der Waals surface area contributed by atoms with Gasteiger partial charge in [-0.05, 0) is 61.5 Å². The van der Waals surface area contributed by atoms with Crippen molar-refractivity contribution in [2.45, 2.75) is 21.6 Å². The number of nitrogens with zero attached hydrogens (tertiary/aromatic N) is 1. The lowest BCUT2D eigenvalue weighted by Crippen LogP contribution is -2.38. The van der Waals surface area contributed by atoms with E-state index < -0.39 is 15.9 Å². The Bertz CT molecular complexity index is 1430. The molecule has 0 aliphatic carbocycles. The SMILES string of the molecule is Cc1ccc(S(=O)(=O)N(CC(=O)Nc2ccccc2Sc2ccccc2)c2cccc(Br)c2)cc1. The lowest BCUT2D eigenvalue weighted by atomic mass is 10.2. The Morgan fingerprint density at radius 1 is 0.886 bits per heavy atom. The van der Waals surface area contributed by atoms with Crippen molar-refractivity contribution in [2.75, 3.05) is 16.2 Å². The van der Waals surface area contributed by atoms with E-state index in [2.05, 4.69) is 21.2 Å². The van der Waals surface area contributed by atoms with Gasteiger partial charge in [-0.2, -0.15) is 0 Å². The highest BCUT2D eigenvalue weighted by Gasteiger charge is 2.27. The van der Waals surface area contributed by atoms with Crippen LogP contribution < -0.4 is 9.62 Å². The van der Waals surface area contributed by atoms with Crippen LogP contribution in [0.25, 0.3) is 0 Å². The van der Waals surface area contributed by atoms with Gasteiger partial charge in [-0.3, -0.25) is 9.10 Å². The van der Waals surface area contributed by atoms with Crippen LogP contribution in [-0.2, 0) is 14.8 Å². The van der Waals surface area contributed by atoms with Crippen LogP contribution in [0.1, 0.15) is 5.56 Å². The van der Waals surface area contributed by atoms with Crippen molar-refractivity contribution < 1.29 is 13.2 Å². The van der Waals surface area contributed by atoms with E-state index in [-0.39, 0.29) is 11.4 Å². The number of hydrogen-bond donors (Lipinski definition) is 1. The van der Waals surface area contributed by atoms with E-state index in [1.165, 1.54) is 11.8 Å². The van der Waals surface area contributed by atoms with Gasteiger partial charge in [-0.15, -0.1) is 0 Å². The van der Waals surface area contributed by atoms with Crippen molar-refractivity contribution in [2.24, 2.45) is 0 Å². The van der Waals surface area contributed by atoms with Crippen molar-refractivity contribution in [3.8, 4) is 0 Å². The van der Waals surface area contributed by atoms with Gasteiger partial charge in [-0.25, -0.2) is 8.42 Å². The molecule has 0 unspecified atom stereocenters. The summed E-state index contributed by atoms with van der Waals surface area (Å²) >= 11 is 4.92. The molecule has 0 fully saturated rings. The number of para-hydroxylation sites is 1. The van der Waals surface area contributed by atoms with E-state index in [1.807, 2.05) is 55.5 Å². The average Bonchev–Trinajstić information content (AvgIpc) is 2.84. The molecule has 8 heteroatoms. The standard InChI is InChI=1S/C27H23BrN2O3S2/c1-20-14-16-24(17-15-20)35(32,33)30(22-9-7-8-21(28)18-22)19-27(31)29-25-12-5-6-13-26(25)34-23-10-3-2-4-11-23/h2-18H,19H2,1H3,(H,29,31). The third-order valence-corrected chi connectivity index (χ3v) is 8.49. The zero-order valence-electron chi connectivity index (χ0n) is 18.9. The number of amides is 1. The second kappa shape index (κ2) is 11.1. The molecule has 4 aromatic rings. The molecule has 0 spiro atoms. The molecule has 1 amide bonds. The van der Waals surface area contributed by atoms with Crippen LogP contribution in [0.5, 0.6) is 0 Å². The maximum absolute atomic E-state index is 13.6. The van der Waals surface area contributed by atoms with Crippen LogP contribution in [0.4, 0.5) is 11.4 Å². The lowest BCUT2D eigenvalue weighted by molar-refractivity contribution is -0.114. The highest BCUT2D eigenvalue weighted by Crippen LogP contribution is 2.33. The molecule has 0 aliphatic rings. The molecule has 4 aromatic carbocycles. The summed E-state index contributed by atoms with van der Waals surface area (Å²) in [7, 11) is -3.99. The first-order valence-electron chi connectivity index (χ1n) is 10.8. The highest BCUT2D eigenvalue weighted by molar-refractivity contribution is 9.10. The van der Waals surface area contributed by atoms with Gasteiger partial charge >= 0.3 is 0 Å². The van der Waals surface area contributed by atoms with E-state index in [4.69, 9.17) is 0 Å². The van der Waals surface area contributed by atoms with Crippen molar-refractivity contribution in [3.63, 3.8) is 0 Å². The number of anilines is 2. The first-order valence-corrected chi connectivity index (χ1v) is 13.8. The summed E-state index contributed by atoms with van der Waals surface area (Å²) < 4.78 is 29.0. The predicted molar refractivity (Wildman–Crippen MR) is 145 cm³/mol. The zero-order chi connectivity index (χ0) is 24.8. The zero-order valence-corrected chi connectivity index (χ0v) is 22.1. The number of aryl methyl sites for hydroxylation is 1. The summed E-state index contributed by atoms with van der Waals surface area (Å²) in [6, 6.07) is 30.8. The predicted octanol–water partition coefficient (Wildman–Crippen LogP) is 6.74. The van der Waals surface area contributed by atoms with Crippen molar-refractivity contribution in [3.05, 3.63) is 113 Å². The molecular weight excluding hydrogens is 544 g/mol. The Morgan fingerprint density at radius 3 is 2.29 bits per heavy atom. The first kappa shape index (κ1) is 25.0. The third kappa shape index (κ3) is 6.33. The molecule has 35 heavy (non-hydrogen) atoms. The fourth-order valence-electron chi connectivity index (χ4n) is 3.38. The number of halogens is 1. The molecule has 0 aliphatic heterocycles. The van der Waals surface area contributed by atoms with Crippen LogP contribution in [0.3, 0.4) is 0 Å². The van der Waals surface area contributed by atoms with Crippen molar-refractivity contribution in [1.29, 1.82) is 0 Å². The summed E-state index contributed by atoms with van der Waals surface area (Å²) in [6.45, 7) is 1.51. The van der Waals surface area contributed by atoms with Gasteiger partial charge in [0.25, 0.3) is 10.0 Å². The Hall–Kier alpha value is -3.07. The maximum atomic E-state index is 13.6. The fourth-order valence-corrected chi connectivity index (χ4v) is 6.10. The van der Waals surface area contributed by atoms with Gasteiger partial charge in [0, 0.05) is 14.3 Å². The molecule has 0 saturated heterocycles. The summed E-state index contributed by atoms with van der Waals surface area (Å²) in [5.41, 5.74) is 1.96. The van der Waals surface area contributed by atoms with Crippen LogP contribution in [-0.4, -0.2) is 20.9 Å². The quantitative estimate of drug-likeness (QED) is 0.256. The van der Waals surface area contributed by atoms with Gasteiger partial charge in [0.1, 0.15) is 6.54 Å². The minimum atomic E-state index is -3.99. The molecule has 0 aromatic heterocycles. The fraction of sp³-hybridized carbons (Fsp3) is 0.0741. The van der Waals surface area contributed by atoms with E-state index >= 15 is 0 Å². The Balaban J connectivity index is 1.62. The number of nitrogens with one attached hydrogen (secondary N) is 1. The largest absolute Gasteiger partial charge is 0.323 e. The molecule has 0 bridgehead atoms. The van der Waals surface area contributed by atoms with Gasteiger partial charge in [0.05, 0.1) is 16.3 Å². The summed E-state index contributed by atoms with van der Waals surface area (Å²) in [5, 5.41) is 2.90. The van der Waals surface area contributed by atoms with Crippen LogP contribution >= 0.6 is 27.7 Å². The van der Waals surface area contributed by atoms with Gasteiger partial charge in [-0.1, -0.05) is 81.8 Å². The molecule has 0 heterocycles. The van der Waals surface area contributed by atoms with Crippen molar-refractivity contribution in [1.82, 2.24) is 0 Å². The molecule has 178 valence electrons. The molecule has 1 N–H and O–H groups in total. The first-order chi connectivity index (χ1) is 16.8. The number of rotatable bonds is 8. The molecule has 0 radical (unpaired) electrons. The lowest BCUT2D eigenvalue weighted by Gasteiger charge is -2.24. The van der Waals surface area contributed by atoms with Crippen LogP contribution in [0, 0.1) is 6.92 Å². The van der Waals surface area contributed by atoms with Crippen LogP contribution in [0.2, 0.25) is 0 Å². The number of benzene rings is 4. The van der Waals surface area contributed by atoms with Gasteiger partial charge in [0.15, 0.2) is 0 Å². The summed E-state index contributed by atoms with van der Waals surface area (Å²) in [4.78, 5) is 15.2. The number of carbonyl (C=O) groups excluding carboxylic acids is 1. The smallest absolute Gasteiger partial charge is 0.264 e. The molecular formula is C27H23BrN2O3S2. The summed E-state index contributed by atoms with van der Waals surface area (Å²) in [6.07, 6.45) is 0. The van der Waals surface area contributed by atoms with E-state index in [0.717, 1.165) is 19.7 Å². The second-order valence-electron chi connectivity index (χ2n) is 7.76. The highest BCUT2D eigenvalue weighted by atomic mass is 79.9. The Morgan fingerprint density at radius 2 is 1.57 bits per heavy atom. The minimum Gasteiger partial charge on any atom is -0.323 e. The summed E-state index contributed by atoms with van der Waals surface area (Å²) in [5.74, 6) is -0.443. The molecule has 0 atom stereocenters. The maximum Gasteiger partial charge on any atom is 0.264 e. The number of sulfonamides is 1. The normalized spacial score (nSPS) is 11.1. The van der Waals surface area contributed by atoms with E-state index in [0.29, 0.717) is 15.8 Å². The van der Waals surface area contributed by atoms with Gasteiger partial charge < -0.3 is 5.32 Å². The average molecular weight is 568 g/mol. The Labute approximate surface area is 218 Å². The van der Waals surface area contributed by atoms with Crippen LogP contribution in [0.15, 0.2) is 122 Å². The van der Waals surface area contributed by atoms with Gasteiger partial charge in [0.2, 0.25) is 5.91 Å². The van der Waals surface area contributed by atoms with E-state index in [1.54, 1.807) is 54.6 Å².